The minimum absolute atomic E-state index is 0.0473. The van der Waals surface area contributed by atoms with E-state index in [1.807, 2.05) is 0 Å². The van der Waals surface area contributed by atoms with Crippen LogP contribution in [0, 0.1) is 13.8 Å². The molecule has 20 heavy (non-hydrogen) atoms. The van der Waals surface area contributed by atoms with Crippen molar-refractivity contribution in [3.05, 3.63) is 27.4 Å². The summed E-state index contributed by atoms with van der Waals surface area (Å²) in [6.07, 6.45) is 0.130. The van der Waals surface area contributed by atoms with E-state index in [1.54, 1.807) is 13.8 Å². The van der Waals surface area contributed by atoms with Crippen LogP contribution in [0.2, 0.25) is 0 Å². The molecule has 2 rings (SSSR count). The van der Waals surface area contributed by atoms with Gasteiger partial charge in [-0.2, -0.15) is 4.98 Å². The Balaban J connectivity index is 2.54. The van der Waals surface area contributed by atoms with Crippen LogP contribution in [0.4, 0.5) is 0 Å². The van der Waals surface area contributed by atoms with Crippen molar-refractivity contribution in [3.63, 3.8) is 0 Å². The molecule has 1 aliphatic rings. The first-order chi connectivity index (χ1) is 9.21. The molecule has 1 aromatic heterocycles. The molecule has 1 unspecified atom stereocenters. The maximum absolute atomic E-state index is 12.0. The first kappa shape index (κ1) is 14.7. The maximum atomic E-state index is 12.0. The fourth-order valence-corrected chi connectivity index (χ4v) is 4.33. The van der Waals surface area contributed by atoms with Crippen molar-refractivity contribution in [2.75, 3.05) is 11.5 Å². The molecule has 0 aromatic carbocycles. The van der Waals surface area contributed by atoms with Gasteiger partial charge in [0.25, 0.3) is 0 Å². The van der Waals surface area contributed by atoms with E-state index in [4.69, 9.17) is 5.11 Å². The first-order valence-corrected chi connectivity index (χ1v) is 8.04. The molecule has 0 aliphatic carbocycles. The van der Waals surface area contributed by atoms with Crippen LogP contribution in [0.3, 0.4) is 0 Å². The number of carboxylic acids is 1. The Kier molecular flexibility index (Phi) is 3.68. The van der Waals surface area contributed by atoms with Crippen LogP contribution in [0.15, 0.2) is 4.79 Å². The summed E-state index contributed by atoms with van der Waals surface area (Å²) >= 11 is 0. The molecule has 1 aromatic rings. The summed E-state index contributed by atoms with van der Waals surface area (Å²) in [4.78, 5) is 26.7. The van der Waals surface area contributed by atoms with Crippen LogP contribution in [-0.4, -0.2) is 40.6 Å². The number of rotatable bonds is 3. The van der Waals surface area contributed by atoms with Crippen molar-refractivity contribution >= 4 is 15.8 Å². The van der Waals surface area contributed by atoms with Crippen LogP contribution < -0.4 is 5.69 Å². The van der Waals surface area contributed by atoms with Crippen LogP contribution in [0.5, 0.6) is 0 Å². The zero-order valence-corrected chi connectivity index (χ0v) is 12.1. The Hall–Kier alpha value is -1.70. The lowest BCUT2D eigenvalue weighted by Crippen LogP contribution is -2.32. The van der Waals surface area contributed by atoms with E-state index in [-0.39, 0.29) is 17.9 Å². The molecule has 1 N–H and O–H groups in total. The lowest BCUT2D eigenvalue weighted by molar-refractivity contribution is -0.136. The third-order valence-electron chi connectivity index (χ3n) is 3.61. The van der Waals surface area contributed by atoms with Crippen molar-refractivity contribution < 1.29 is 18.3 Å². The van der Waals surface area contributed by atoms with Gasteiger partial charge in [0, 0.05) is 17.0 Å². The number of aliphatic carboxylic acids is 1. The normalized spacial score (nSPS) is 21.0. The largest absolute Gasteiger partial charge is 0.481 e. The van der Waals surface area contributed by atoms with Crippen molar-refractivity contribution in [1.29, 1.82) is 0 Å². The van der Waals surface area contributed by atoms with Crippen LogP contribution in [0.25, 0.3) is 0 Å². The smallest absolute Gasteiger partial charge is 0.348 e. The van der Waals surface area contributed by atoms with E-state index in [2.05, 4.69) is 4.98 Å². The highest BCUT2D eigenvalue weighted by atomic mass is 32.2. The molecule has 110 valence electrons. The minimum Gasteiger partial charge on any atom is -0.481 e. The summed E-state index contributed by atoms with van der Waals surface area (Å²) in [7, 11) is -3.13. The first-order valence-electron chi connectivity index (χ1n) is 6.22. The molecule has 0 amide bonds. The van der Waals surface area contributed by atoms with Gasteiger partial charge in [-0.05, 0) is 20.3 Å². The Bertz CT molecular complexity index is 720. The van der Waals surface area contributed by atoms with Gasteiger partial charge in [0.15, 0.2) is 9.84 Å². The number of sulfone groups is 1. The molecule has 0 bridgehead atoms. The molecule has 8 heteroatoms. The summed E-state index contributed by atoms with van der Waals surface area (Å²) < 4.78 is 24.4. The van der Waals surface area contributed by atoms with Crippen molar-refractivity contribution in [3.8, 4) is 0 Å². The summed E-state index contributed by atoms with van der Waals surface area (Å²) in [6.45, 7) is 3.22. The second-order valence-corrected chi connectivity index (χ2v) is 7.27. The Morgan fingerprint density at radius 1 is 1.45 bits per heavy atom. The highest BCUT2D eigenvalue weighted by Crippen LogP contribution is 2.24. The molecular formula is C12H16N2O5S. The summed E-state index contributed by atoms with van der Waals surface area (Å²) in [6, 6.07) is -0.451. The van der Waals surface area contributed by atoms with Gasteiger partial charge in [0.2, 0.25) is 0 Å². The van der Waals surface area contributed by atoms with E-state index in [9.17, 15) is 18.0 Å². The van der Waals surface area contributed by atoms with Gasteiger partial charge >= 0.3 is 11.7 Å². The fourth-order valence-electron chi connectivity index (χ4n) is 2.63. The topological polar surface area (TPSA) is 106 Å². The third kappa shape index (κ3) is 2.74. The fraction of sp³-hybridized carbons (Fsp3) is 0.583. The standard InChI is InChI=1S/C12H16N2O5S/c1-7-10(5-11(15)16)8(2)14(12(17)13-7)9-3-4-20(18,19)6-9/h9H,3-6H2,1-2H3,(H,15,16). The number of hydrogen-bond donors (Lipinski definition) is 1. The molecule has 7 nitrogen and oxygen atoms in total. The van der Waals surface area contributed by atoms with E-state index in [1.165, 1.54) is 4.57 Å². The predicted octanol–water partition coefficient (Wildman–Crippen LogP) is -0.153. The number of carbonyl (C=O) groups is 1. The summed E-state index contributed by atoms with van der Waals surface area (Å²) in [5.41, 5.74) is 0.830. The molecule has 0 radical (unpaired) electrons. The van der Waals surface area contributed by atoms with Gasteiger partial charge < -0.3 is 5.11 Å². The maximum Gasteiger partial charge on any atom is 0.348 e. The molecule has 0 saturated carbocycles. The van der Waals surface area contributed by atoms with Gasteiger partial charge in [-0.3, -0.25) is 9.36 Å². The molecule has 1 fully saturated rings. The number of nitrogens with zero attached hydrogens (tertiary/aromatic N) is 2. The summed E-state index contributed by atoms with van der Waals surface area (Å²) in [5, 5.41) is 8.91. The average molecular weight is 300 g/mol. The van der Waals surface area contributed by atoms with Crippen LogP contribution in [-0.2, 0) is 21.1 Å². The second-order valence-electron chi connectivity index (χ2n) is 5.04. The van der Waals surface area contributed by atoms with Gasteiger partial charge in [-0.1, -0.05) is 0 Å². The number of carboxylic acid groups (broad SMARTS) is 1. The van der Waals surface area contributed by atoms with E-state index >= 15 is 0 Å². The molecule has 0 spiro atoms. The quantitative estimate of drug-likeness (QED) is 0.832. The Morgan fingerprint density at radius 3 is 2.60 bits per heavy atom. The third-order valence-corrected chi connectivity index (χ3v) is 5.36. The van der Waals surface area contributed by atoms with Crippen molar-refractivity contribution in [2.45, 2.75) is 32.7 Å². The average Bonchev–Trinajstić information content (AvgIpc) is 2.64. The monoisotopic (exact) mass is 300 g/mol. The molecule has 1 atom stereocenters. The minimum atomic E-state index is -3.13. The molecule has 2 heterocycles. The number of hydrogen-bond acceptors (Lipinski definition) is 5. The van der Waals surface area contributed by atoms with Crippen molar-refractivity contribution in [1.82, 2.24) is 9.55 Å². The number of aromatic nitrogens is 2. The lowest BCUT2D eigenvalue weighted by Gasteiger charge is -2.18. The molecule has 1 aliphatic heterocycles. The Morgan fingerprint density at radius 2 is 2.10 bits per heavy atom. The van der Waals surface area contributed by atoms with Gasteiger partial charge in [0.05, 0.1) is 24.0 Å². The van der Waals surface area contributed by atoms with E-state index in [0.29, 0.717) is 23.4 Å². The van der Waals surface area contributed by atoms with Gasteiger partial charge in [-0.25, -0.2) is 13.2 Å². The van der Waals surface area contributed by atoms with E-state index in [0.717, 1.165) is 0 Å². The zero-order valence-electron chi connectivity index (χ0n) is 11.3. The zero-order chi connectivity index (χ0) is 15.1. The summed E-state index contributed by atoms with van der Waals surface area (Å²) in [5.74, 6) is -1.06. The molecule has 1 saturated heterocycles. The van der Waals surface area contributed by atoms with Gasteiger partial charge in [-0.15, -0.1) is 0 Å². The van der Waals surface area contributed by atoms with Crippen molar-refractivity contribution in [2.24, 2.45) is 0 Å². The SMILES string of the molecule is Cc1nc(=O)n(C2CCS(=O)(=O)C2)c(C)c1CC(=O)O. The Labute approximate surface area is 116 Å². The second kappa shape index (κ2) is 5.01. The number of aryl methyl sites for hydroxylation is 1. The predicted molar refractivity (Wildman–Crippen MR) is 71.6 cm³/mol. The van der Waals surface area contributed by atoms with Crippen LogP contribution in [0.1, 0.15) is 29.4 Å². The van der Waals surface area contributed by atoms with Gasteiger partial charge in [0.1, 0.15) is 0 Å². The molecular weight excluding hydrogens is 284 g/mol. The van der Waals surface area contributed by atoms with Crippen LogP contribution >= 0.6 is 0 Å². The highest BCUT2D eigenvalue weighted by Gasteiger charge is 2.31. The van der Waals surface area contributed by atoms with E-state index < -0.39 is 27.5 Å². The lowest BCUT2D eigenvalue weighted by atomic mass is 10.1. The highest BCUT2D eigenvalue weighted by molar-refractivity contribution is 7.91.